The Morgan fingerprint density at radius 1 is 1.14 bits per heavy atom. The first kappa shape index (κ1) is 19.2. The number of ether oxygens (including phenoxy) is 1. The van der Waals surface area contributed by atoms with Gasteiger partial charge in [0.05, 0.1) is 35.8 Å². The molecule has 4 rings (SSSR count). The minimum absolute atomic E-state index is 0.168. The SMILES string of the molecule is COc1ccc2sc(CNc3nncc(-c4ccc(C(N)CN)cc4)n3)nc2c1. The summed E-state index contributed by atoms with van der Waals surface area (Å²) in [5, 5.41) is 12.3. The van der Waals surface area contributed by atoms with Crippen LogP contribution in [-0.2, 0) is 6.54 Å². The fraction of sp³-hybridized carbons (Fsp3) is 0.200. The Morgan fingerprint density at radius 3 is 2.72 bits per heavy atom. The van der Waals surface area contributed by atoms with Crippen molar-refractivity contribution in [2.45, 2.75) is 12.6 Å². The summed E-state index contributed by atoms with van der Waals surface area (Å²) in [4.78, 5) is 9.18. The molecule has 0 bridgehead atoms. The molecule has 0 fully saturated rings. The van der Waals surface area contributed by atoms with Crippen LogP contribution in [0.15, 0.2) is 48.7 Å². The smallest absolute Gasteiger partial charge is 0.243 e. The van der Waals surface area contributed by atoms with E-state index in [9.17, 15) is 0 Å². The maximum atomic E-state index is 5.96. The molecular formula is C20H21N7OS. The van der Waals surface area contributed by atoms with Crippen molar-refractivity contribution in [3.05, 3.63) is 59.2 Å². The molecule has 0 amide bonds. The molecule has 0 saturated carbocycles. The number of hydrogen-bond acceptors (Lipinski definition) is 9. The number of aromatic nitrogens is 4. The van der Waals surface area contributed by atoms with Crippen molar-refractivity contribution in [2.75, 3.05) is 19.0 Å². The molecule has 0 aliphatic heterocycles. The zero-order chi connectivity index (χ0) is 20.2. The van der Waals surface area contributed by atoms with Gasteiger partial charge in [-0.3, -0.25) is 0 Å². The lowest BCUT2D eigenvalue weighted by Crippen LogP contribution is -2.20. The summed E-state index contributed by atoms with van der Waals surface area (Å²) in [5.74, 6) is 1.24. The second kappa shape index (κ2) is 8.48. The Hall–Kier alpha value is -3.14. The molecule has 9 heteroatoms. The summed E-state index contributed by atoms with van der Waals surface area (Å²) in [7, 11) is 1.65. The third kappa shape index (κ3) is 4.32. The van der Waals surface area contributed by atoms with Crippen LogP contribution in [0.1, 0.15) is 16.6 Å². The van der Waals surface area contributed by atoms with E-state index in [1.54, 1.807) is 24.6 Å². The van der Waals surface area contributed by atoms with Crippen LogP contribution < -0.4 is 21.5 Å². The maximum Gasteiger partial charge on any atom is 0.243 e. The van der Waals surface area contributed by atoms with Crippen LogP contribution in [-0.4, -0.2) is 33.8 Å². The lowest BCUT2D eigenvalue weighted by atomic mass is 10.0. The molecular weight excluding hydrogens is 386 g/mol. The number of nitrogens with one attached hydrogen (secondary N) is 1. The minimum Gasteiger partial charge on any atom is -0.497 e. The van der Waals surface area contributed by atoms with Crippen molar-refractivity contribution in [3.63, 3.8) is 0 Å². The number of nitrogens with zero attached hydrogens (tertiary/aromatic N) is 4. The zero-order valence-electron chi connectivity index (χ0n) is 15.9. The quantitative estimate of drug-likeness (QED) is 0.427. The second-order valence-electron chi connectivity index (χ2n) is 6.42. The van der Waals surface area contributed by atoms with Gasteiger partial charge in [0.1, 0.15) is 10.8 Å². The highest BCUT2D eigenvalue weighted by molar-refractivity contribution is 7.18. The number of nitrogens with two attached hydrogens (primary N) is 2. The lowest BCUT2D eigenvalue weighted by molar-refractivity contribution is 0.415. The van der Waals surface area contributed by atoms with E-state index in [-0.39, 0.29) is 6.04 Å². The molecule has 2 aromatic carbocycles. The van der Waals surface area contributed by atoms with Gasteiger partial charge in [-0.15, -0.1) is 16.4 Å². The van der Waals surface area contributed by atoms with Crippen LogP contribution >= 0.6 is 11.3 Å². The Balaban J connectivity index is 1.47. The first-order valence-electron chi connectivity index (χ1n) is 9.09. The Bertz CT molecular complexity index is 1110. The van der Waals surface area contributed by atoms with Gasteiger partial charge in [0.2, 0.25) is 5.95 Å². The third-order valence-electron chi connectivity index (χ3n) is 4.48. The fourth-order valence-electron chi connectivity index (χ4n) is 2.87. The van der Waals surface area contributed by atoms with Gasteiger partial charge in [0.15, 0.2) is 0 Å². The van der Waals surface area contributed by atoms with E-state index in [1.807, 2.05) is 42.5 Å². The van der Waals surface area contributed by atoms with Gasteiger partial charge in [0.25, 0.3) is 0 Å². The van der Waals surface area contributed by atoms with Crippen LogP contribution in [0.2, 0.25) is 0 Å². The van der Waals surface area contributed by atoms with Crippen molar-refractivity contribution in [1.29, 1.82) is 0 Å². The van der Waals surface area contributed by atoms with Crippen LogP contribution in [0.4, 0.5) is 5.95 Å². The fourth-order valence-corrected chi connectivity index (χ4v) is 3.75. The standard InChI is InChI=1S/C20H21N7OS/c1-28-14-6-7-18-16(8-14)25-19(29-18)11-23-20-26-17(10-24-27-20)13-4-2-12(3-5-13)15(22)9-21/h2-8,10,15H,9,11,21-22H2,1H3,(H,23,26,27). The van der Waals surface area contributed by atoms with Crippen molar-refractivity contribution in [1.82, 2.24) is 20.2 Å². The molecule has 0 saturated heterocycles. The molecule has 0 radical (unpaired) electrons. The highest BCUT2D eigenvalue weighted by Crippen LogP contribution is 2.26. The Morgan fingerprint density at radius 2 is 1.97 bits per heavy atom. The third-order valence-corrected chi connectivity index (χ3v) is 5.52. The van der Waals surface area contributed by atoms with E-state index < -0.39 is 0 Å². The van der Waals surface area contributed by atoms with Crippen LogP contribution in [0.5, 0.6) is 5.75 Å². The van der Waals surface area contributed by atoms with Crippen molar-refractivity contribution in [3.8, 4) is 17.0 Å². The topological polar surface area (TPSA) is 125 Å². The first-order valence-corrected chi connectivity index (χ1v) is 9.91. The highest BCUT2D eigenvalue weighted by Gasteiger charge is 2.09. The summed E-state index contributed by atoms with van der Waals surface area (Å²) in [6.07, 6.45) is 1.63. The monoisotopic (exact) mass is 407 g/mol. The van der Waals surface area contributed by atoms with E-state index in [0.29, 0.717) is 19.0 Å². The zero-order valence-corrected chi connectivity index (χ0v) is 16.7. The number of hydrogen-bond donors (Lipinski definition) is 3. The molecule has 0 spiro atoms. The molecule has 2 aromatic heterocycles. The van der Waals surface area contributed by atoms with Crippen LogP contribution in [0, 0.1) is 0 Å². The number of anilines is 1. The normalized spacial score (nSPS) is 12.1. The van der Waals surface area contributed by atoms with Gasteiger partial charge in [-0.2, -0.15) is 5.10 Å². The van der Waals surface area contributed by atoms with Crippen molar-refractivity contribution in [2.24, 2.45) is 11.5 Å². The number of benzene rings is 2. The molecule has 0 aliphatic rings. The van der Waals surface area contributed by atoms with Crippen LogP contribution in [0.25, 0.3) is 21.5 Å². The summed E-state index contributed by atoms with van der Waals surface area (Å²) in [6.45, 7) is 0.915. The van der Waals surface area contributed by atoms with E-state index in [1.165, 1.54) is 0 Å². The van der Waals surface area contributed by atoms with E-state index in [0.717, 1.165) is 37.8 Å². The maximum absolute atomic E-state index is 5.96. The molecule has 0 aliphatic carbocycles. The van der Waals surface area contributed by atoms with Gasteiger partial charge in [-0.05, 0) is 17.7 Å². The first-order chi connectivity index (χ1) is 14.2. The molecule has 5 N–H and O–H groups in total. The summed E-state index contributed by atoms with van der Waals surface area (Å²) in [6, 6.07) is 13.5. The van der Waals surface area contributed by atoms with Gasteiger partial charge in [-0.1, -0.05) is 24.3 Å². The van der Waals surface area contributed by atoms with E-state index in [2.05, 4.69) is 25.5 Å². The van der Waals surface area contributed by atoms with Crippen molar-refractivity contribution >= 4 is 27.5 Å². The van der Waals surface area contributed by atoms with E-state index >= 15 is 0 Å². The van der Waals surface area contributed by atoms with Gasteiger partial charge >= 0.3 is 0 Å². The average Bonchev–Trinajstić information content (AvgIpc) is 3.19. The molecule has 2 heterocycles. The molecule has 1 unspecified atom stereocenters. The molecule has 1 atom stereocenters. The van der Waals surface area contributed by atoms with E-state index in [4.69, 9.17) is 16.2 Å². The highest BCUT2D eigenvalue weighted by atomic mass is 32.1. The second-order valence-corrected chi connectivity index (χ2v) is 7.54. The van der Waals surface area contributed by atoms with Crippen LogP contribution in [0.3, 0.4) is 0 Å². The Labute approximate surface area is 172 Å². The molecule has 29 heavy (non-hydrogen) atoms. The summed E-state index contributed by atoms with van der Waals surface area (Å²) in [5.41, 5.74) is 15.1. The number of fused-ring (bicyclic) bond motifs is 1. The van der Waals surface area contributed by atoms with Gasteiger partial charge in [0, 0.05) is 24.2 Å². The summed E-state index contributed by atoms with van der Waals surface area (Å²) < 4.78 is 6.35. The summed E-state index contributed by atoms with van der Waals surface area (Å²) >= 11 is 1.62. The number of rotatable bonds is 7. The number of methoxy groups -OCH3 is 1. The van der Waals surface area contributed by atoms with Gasteiger partial charge < -0.3 is 21.5 Å². The number of thiazole rings is 1. The average molecular weight is 408 g/mol. The largest absolute Gasteiger partial charge is 0.497 e. The predicted molar refractivity (Wildman–Crippen MR) is 115 cm³/mol. The predicted octanol–water partition coefficient (Wildman–Crippen LogP) is 2.73. The minimum atomic E-state index is -0.168. The Kier molecular flexibility index (Phi) is 5.61. The molecule has 148 valence electrons. The lowest BCUT2D eigenvalue weighted by Gasteiger charge is -2.10. The molecule has 4 aromatic rings. The van der Waals surface area contributed by atoms with Crippen molar-refractivity contribution < 1.29 is 4.74 Å². The van der Waals surface area contributed by atoms with Gasteiger partial charge in [-0.25, -0.2) is 9.97 Å². The molecule has 8 nitrogen and oxygen atoms in total.